The molecule has 8 nitrogen and oxygen atoms in total. The molecule has 0 fully saturated rings. The quantitative estimate of drug-likeness (QED) is 0.269. The summed E-state index contributed by atoms with van der Waals surface area (Å²) in [5.74, 6) is 1.26. The Labute approximate surface area is 200 Å². The largest absolute Gasteiger partial charge is 0.497 e. The molecule has 176 valence electrons. The van der Waals surface area contributed by atoms with Crippen molar-refractivity contribution in [1.82, 2.24) is 24.6 Å². The number of hydrogen-bond acceptors (Lipinski definition) is 7. The van der Waals surface area contributed by atoms with Crippen LogP contribution in [0, 0.1) is 0 Å². The maximum Gasteiger partial charge on any atom is 0.188 e. The summed E-state index contributed by atoms with van der Waals surface area (Å²) in [4.78, 5) is 11.2. The van der Waals surface area contributed by atoms with Crippen LogP contribution < -0.4 is 4.74 Å². The maximum absolute atomic E-state index is 5.32. The van der Waals surface area contributed by atoms with E-state index in [1.807, 2.05) is 24.3 Å². The van der Waals surface area contributed by atoms with Gasteiger partial charge in [-0.25, -0.2) is 14.6 Å². The van der Waals surface area contributed by atoms with Crippen molar-refractivity contribution in [3.8, 4) is 11.4 Å². The van der Waals surface area contributed by atoms with Crippen LogP contribution in [0.5, 0.6) is 5.75 Å². The van der Waals surface area contributed by atoms with Gasteiger partial charge in [0.05, 0.1) is 30.9 Å². The summed E-state index contributed by atoms with van der Waals surface area (Å²) in [6, 6.07) is 16.3. The van der Waals surface area contributed by atoms with Crippen LogP contribution in [0.15, 0.2) is 71.3 Å². The first-order chi connectivity index (χ1) is 16.7. The summed E-state index contributed by atoms with van der Waals surface area (Å²) in [5.41, 5.74) is 3.96. The van der Waals surface area contributed by atoms with Crippen LogP contribution >= 0.6 is 0 Å². The first kappa shape index (κ1) is 23.5. The van der Waals surface area contributed by atoms with Crippen LogP contribution in [0.4, 0.5) is 5.82 Å². The molecule has 4 rings (SSSR count). The molecule has 2 aromatic carbocycles. The van der Waals surface area contributed by atoms with Gasteiger partial charge >= 0.3 is 0 Å². The van der Waals surface area contributed by atoms with Crippen LogP contribution in [0.3, 0.4) is 0 Å². The number of methoxy groups -OCH3 is 1. The zero-order valence-corrected chi connectivity index (χ0v) is 20.1. The number of ether oxygens (including phenoxy) is 1. The Hall–Kier alpha value is -3.65. The summed E-state index contributed by atoms with van der Waals surface area (Å²) in [6.45, 7) is 8.19. The lowest BCUT2D eigenvalue weighted by molar-refractivity contribution is 0.266. The number of hydrogen-bond donors (Lipinski definition) is 0. The summed E-state index contributed by atoms with van der Waals surface area (Å²) in [5, 5.41) is 14.0. The predicted molar refractivity (Wildman–Crippen MR) is 134 cm³/mol. The van der Waals surface area contributed by atoms with Crippen LogP contribution in [0.1, 0.15) is 37.8 Å². The second-order valence-corrected chi connectivity index (χ2v) is 8.18. The van der Waals surface area contributed by atoms with E-state index in [1.54, 1.807) is 18.0 Å². The average molecular weight is 458 g/mol. The molecule has 8 heteroatoms. The molecular formula is C26H31N7O. The standard InChI is InChI=1S/C26H31N7O/c1-4-13-32(14-5-2)18-21-11-9-20(10-12-21)16-29-31-25-24-17-30-33(26(24)28-19-27-25)22-7-6-8-23(15-22)34-3/h6-12,15,17,19H,4-5,13-14,16,18H2,1-3H3. The maximum atomic E-state index is 5.32. The smallest absolute Gasteiger partial charge is 0.188 e. The van der Waals surface area contributed by atoms with E-state index in [2.05, 4.69) is 68.3 Å². The van der Waals surface area contributed by atoms with Gasteiger partial charge in [0.2, 0.25) is 0 Å². The van der Waals surface area contributed by atoms with Gasteiger partial charge in [-0.2, -0.15) is 10.2 Å². The Bertz CT molecular complexity index is 1230. The van der Waals surface area contributed by atoms with Crippen molar-refractivity contribution in [2.75, 3.05) is 20.2 Å². The molecule has 0 atom stereocenters. The molecule has 2 heterocycles. The molecule has 0 aliphatic rings. The van der Waals surface area contributed by atoms with Crippen molar-refractivity contribution in [1.29, 1.82) is 0 Å². The molecule has 0 radical (unpaired) electrons. The highest BCUT2D eigenvalue weighted by atomic mass is 16.5. The van der Waals surface area contributed by atoms with Crippen molar-refractivity contribution in [3.05, 3.63) is 72.2 Å². The first-order valence-electron chi connectivity index (χ1n) is 11.7. The molecule has 0 saturated heterocycles. The van der Waals surface area contributed by atoms with E-state index in [0.717, 1.165) is 42.0 Å². The molecule has 0 unspecified atom stereocenters. The molecule has 0 aliphatic carbocycles. The molecule has 0 N–H and O–H groups in total. The van der Waals surface area contributed by atoms with Gasteiger partial charge in [-0.3, -0.25) is 4.90 Å². The molecule has 0 spiro atoms. The van der Waals surface area contributed by atoms with Gasteiger partial charge in [0, 0.05) is 12.6 Å². The summed E-state index contributed by atoms with van der Waals surface area (Å²) in [7, 11) is 1.64. The van der Waals surface area contributed by atoms with Crippen LogP contribution in [0.2, 0.25) is 0 Å². The van der Waals surface area contributed by atoms with E-state index >= 15 is 0 Å². The van der Waals surface area contributed by atoms with Gasteiger partial charge in [0.15, 0.2) is 11.5 Å². The SMILES string of the molecule is CCCN(CCC)Cc1ccc(CN=Nc2ncnc3c2cnn3-c2cccc(OC)c2)cc1. The number of fused-ring (bicyclic) bond motifs is 1. The van der Waals surface area contributed by atoms with E-state index in [1.165, 1.54) is 24.7 Å². The Morgan fingerprint density at radius 3 is 2.47 bits per heavy atom. The highest BCUT2D eigenvalue weighted by Gasteiger charge is 2.11. The van der Waals surface area contributed by atoms with E-state index in [9.17, 15) is 0 Å². The number of azo groups is 1. The van der Waals surface area contributed by atoms with E-state index in [-0.39, 0.29) is 0 Å². The molecule has 0 bridgehead atoms. The lowest BCUT2D eigenvalue weighted by Crippen LogP contribution is -2.24. The second-order valence-electron chi connectivity index (χ2n) is 8.18. The average Bonchev–Trinajstić information content (AvgIpc) is 3.31. The third-order valence-corrected chi connectivity index (χ3v) is 5.57. The molecule has 4 aromatic rings. The summed E-state index contributed by atoms with van der Waals surface area (Å²) in [6.07, 6.45) is 5.55. The number of rotatable bonds is 11. The van der Waals surface area contributed by atoms with Gasteiger partial charge in [-0.15, -0.1) is 5.11 Å². The van der Waals surface area contributed by atoms with E-state index in [4.69, 9.17) is 4.74 Å². The summed E-state index contributed by atoms with van der Waals surface area (Å²) < 4.78 is 7.07. The highest BCUT2D eigenvalue weighted by Crippen LogP contribution is 2.25. The zero-order valence-electron chi connectivity index (χ0n) is 20.1. The van der Waals surface area contributed by atoms with Gasteiger partial charge in [-0.05, 0) is 49.2 Å². The minimum atomic E-state index is 0.490. The highest BCUT2D eigenvalue weighted by molar-refractivity contribution is 5.85. The van der Waals surface area contributed by atoms with Crippen molar-refractivity contribution in [3.63, 3.8) is 0 Å². The minimum Gasteiger partial charge on any atom is -0.497 e. The van der Waals surface area contributed by atoms with Gasteiger partial charge in [0.1, 0.15) is 12.1 Å². The van der Waals surface area contributed by atoms with Crippen LogP contribution in [0.25, 0.3) is 16.7 Å². The zero-order chi connectivity index (χ0) is 23.8. The normalized spacial score (nSPS) is 11.6. The predicted octanol–water partition coefficient (Wildman–Crippen LogP) is 5.73. The fourth-order valence-electron chi connectivity index (χ4n) is 3.94. The van der Waals surface area contributed by atoms with Crippen LogP contribution in [-0.2, 0) is 13.1 Å². The van der Waals surface area contributed by atoms with Crippen molar-refractivity contribution in [2.24, 2.45) is 10.2 Å². The molecule has 34 heavy (non-hydrogen) atoms. The first-order valence-corrected chi connectivity index (χ1v) is 11.7. The lowest BCUT2D eigenvalue weighted by Gasteiger charge is -2.21. The Morgan fingerprint density at radius 1 is 0.971 bits per heavy atom. The van der Waals surface area contributed by atoms with Gasteiger partial charge < -0.3 is 4.74 Å². The Morgan fingerprint density at radius 2 is 1.74 bits per heavy atom. The minimum absolute atomic E-state index is 0.490. The number of nitrogens with zero attached hydrogens (tertiary/aromatic N) is 7. The number of aromatic nitrogens is 4. The molecule has 2 aromatic heterocycles. The Kier molecular flexibility index (Phi) is 7.93. The molecular weight excluding hydrogens is 426 g/mol. The van der Waals surface area contributed by atoms with Crippen molar-refractivity contribution >= 4 is 16.9 Å². The van der Waals surface area contributed by atoms with Crippen LogP contribution in [-0.4, -0.2) is 44.8 Å². The van der Waals surface area contributed by atoms with Crippen molar-refractivity contribution < 1.29 is 4.74 Å². The molecule has 0 amide bonds. The van der Waals surface area contributed by atoms with Gasteiger partial charge in [0.25, 0.3) is 0 Å². The van der Waals surface area contributed by atoms with Gasteiger partial charge in [-0.1, -0.05) is 44.2 Å². The van der Waals surface area contributed by atoms with E-state index < -0.39 is 0 Å². The fourth-order valence-corrected chi connectivity index (χ4v) is 3.94. The third kappa shape index (κ3) is 5.63. The van der Waals surface area contributed by atoms with Crippen molar-refractivity contribution in [2.45, 2.75) is 39.8 Å². The number of benzene rings is 2. The van der Waals surface area contributed by atoms with E-state index in [0.29, 0.717) is 18.0 Å². The summed E-state index contributed by atoms with van der Waals surface area (Å²) >= 11 is 0. The Balaban J connectivity index is 1.45. The molecule has 0 aliphatic heterocycles. The second kappa shape index (κ2) is 11.5. The molecule has 0 saturated carbocycles. The monoisotopic (exact) mass is 457 g/mol. The fraction of sp³-hybridized carbons (Fsp3) is 0.346. The topological polar surface area (TPSA) is 80.8 Å². The lowest BCUT2D eigenvalue weighted by atomic mass is 10.1. The third-order valence-electron chi connectivity index (χ3n) is 5.57.